The third kappa shape index (κ3) is 4.34. The molecule has 5 heterocycles. The topological polar surface area (TPSA) is 60.4 Å². The van der Waals surface area contributed by atoms with Gasteiger partial charge in [-0.2, -0.15) is 0 Å². The van der Waals surface area contributed by atoms with Gasteiger partial charge in [0, 0.05) is 72.4 Å². The van der Waals surface area contributed by atoms with E-state index in [1.165, 1.54) is 33.4 Å². The molecule has 0 bridgehead atoms. The first-order valence-electron chi connectivity index (χ1n) is 14.2. The second-order valence-corrected chi connectivity index (χ2v) is 10.9. The van der Waals surface area contributed by atoms with Gasteiger partial charge in [-0.15, -0.1) is 0 Å². The summed E-state index contributed by atoms with van der Waals surface area (Å²) in [5.74, 6) is 0.195. The fourth-order valence-electron chi connectivity index (χ4n) is 6.83. The van der Waals surface area contributed by atoms with Gasteiger partial charge in [0.1, 0.15) is 0 Å². The zero-order valence-electron chi connectivity index (χ0n) is 23.0. The Morgan fingerprint density at radius 2 is 1.38 bits per heavy atom. The molecule has 2 aliphatic heterocycles. The number of H-pyrrole nitrogens is 1. The van der Waals surface area contributed by atoms with E-state index in [4.69, 9.17) is 15.0 Å². The van der Waals surface area contributed by atoms with Crippen LogP contribution in [0.5, 0.6) is 0 Å². The number of pyridine rings is 2. The van der Waals surface area contributed by atoms with Crippen LogP contribution in [0.2, 0.25) is 0 Å². The molecule has 6 nitrogen and oxygen atoms in total. The van der Waals surface area contributed by atoms with Crippen LogP contribution in [-0.2, 0) is 0 Å². The van der Waals surface area contributed by atoms with Crippen LogP contribution in [0.4, 0.5) is 5.69 Å². The van der Waals surface area contributed by atoms with Crippen molar-refractivity contribution in [3.63, 3.8) is 0 Å². The van der Waals surface area contributed by atoms with Crippen molar-refractivity contribution >= 4 is 22.3 Å². The summed E-state index contributed by atoms with van der Waals surface area (Å²) in [6, 6.07) is 30.0. The number of hydrogen-bond donors (Lipinski definition) is 1. The molecule has 2 aromatic carbocycles. The van der Waals surface area contributed by atoms with E-state index in [1.54, 1.807) is 0 Å². The SMILES string of the molecule is CC1=Nc2ccccc2[C@@H]1[C@@H](c1ccccn1)N1CCN([C@@H](c2ccccn2)c2c(C)[nH]c3ccccc23)CC1. The number of aromatic nitrogens is 3. The first-order chi connectivity index (χ1) is 19.7. The van der Waals surface area contributed by atoms with Gasteiger partial charge >= 0.3 is 0 Å². The molecular formula is C34H34N6. The highest BCUT2D eigenvalue weighted by Crippen LogP contribution is 2.45. The minimum absolute atomic E-state index is 0.0864. The summed E-state index contributed by atoms with van der Waals surface area (Å²) in [7, 11) is 0. The molecule has 2 aliphatic rings. The molecule has 1 saturated heterocycles. The molecule has 0 unspecified atom stereocenters. The van der Waals surface area contributed by atoms with Crippen LogP contribution in [0.15, 0.2) is 102 Å². The van der Waals surface area contributed by atoms with Gasteiger partial charge in [-0.05, 0) is 55.8 Å². The van der Waals surface area contributed by atoms with Gasteiger partial charge in [0.15, 0.2) is 0 Å². The fraction of sp³-hybridized carbons (Fsp3) is 0.265. The second-order valence-electron chi connectivity index (χ2n) is 10.9. The molecule has 5 aromatic rings. The molecule has 1 fully saturated rings. The zero-order chi connectivity index (χ0) is 27.1. The summed E-state index contributed by atoms with van der Waals surface area (Å²) in [6.07, 6.45) is 3.84. The van der Waals surface area contributed by atoms with Gasteiger partial charge in [-0.3, -0.25) is 24.8 Å². The Balaban J connectivity index is 1.23. The molecule has 40 heavy (non-hydrogen) atoms. The highest BCUT2D eigenvalue weighted by atomic mass is 15.3. The van der Waals surface area contributed by atoms with Crippen LogP contribution in [-0.4, -0.2) is 56.6 Å². The van der Waals surface area contributed by atoms with E-state index < -0.39 is 0 Å². The first-order valence-corrected chi connectivity index (χ1v) is 14.2. The lowest BCUT2D eigenvalue weighted by atomic mass is 9.85. The predicted octanol–water partition coefficient (Wildman–Crippen LogP) is 6.60. The Morgan fingerprint density at radius 1 is 0.725 bits per heavy atom. The van der Waals surface area contributed by atoms with Gasteiger partial charge in [0.2, 0.25) is 0 Å². The lowest BCUT2D eigenvalue weighted by Crippen LogP contribution is -2.50. The normalized spacial score (nSPS) is 19.4. The van der Waals surface area contributed by atoms with Gasteiger partial charge in [-0.25, -0.2) is 0 Å². The van der Waals surface area contributed by atoms with Crippen molar-refractivity contribution in [2.75, 3.05) is 26.2 Å². The Hall–Kier alpha value is -4.13. The number of para-hydroxylation sites is 2. The Bertz CT molecular complexity index is 1650. The molecule has 0 saturated carbocycles. The van der Waals surface area contributed by atoms with E-state index in [0.717, 1.165) is 43.3 Å². The molecule has 3 aromatic heterocycles. The second kappa shape index (κ2) is 10.5. The van der Waals surface area contributed by atoms with Crippen LogP contribution in [0.3, 0.4) is 0 Å². The summed E-state index contributed by atoms with van der Waals surface area (Å²) >= 11 is 0. The summed E-state index contributed by atoms with van der Waals surface area (Å²) in [5.41, 5.74) is 9.49. The number of nitrogens with one attached hydrogen (secondary N) is 1. The zero-order valence-corrected chi connectivity index (χ0v) is 23.0. The molecule has 3 atom stereocenters. The molecule has 6 heteroatoms. The minimum atomic E-state index is 0.0864. The first kappa shape index (κ1) is 24.9. The Morgan fingerprint density at radius 3 is 2.12 bits per heavy atom. The molecule has 200 valence electrons. The highest BCUT2D eigenvalue weighted by molar-refractivity contribution is 5.97. The third-order valence-electron chi connectivity index (χ3n) is 8.62. The van der Waals surface area contributed by atoms with Gasteiger partial charge in [-0.1, -0.05) is 48.5 Å². The molecular weight excluding hydrogens is 492 g/mol. The monoisotopic (exact) mass is 526 g/mol. The third-order valence-corrected chi connectivity index (χ3v) is 8.62. The molecule has 0 aliphatic carbocycles. The van der Waals surface area contributed by atoms with E-state index >= 15 is 0 Å². The number of benzene rings is 2. The van der Waals surface area contributed by atoms with Crippen molar-refractivity contribution < 1.29 is 0 Å². The molecule has 7 rings (SSSR count). The van der Waals surface area contributed by atoms with Gasteiger partial charge in [0.25, 0.3) is 0 Å². The van der Waals surface area contributed by atoms with Crippen molar-refractivity contribution in [1.29, 1.82) is 0 Å². The van der Waals surface area contributed by atoms with E-state index in [1.807, 2.05) is 24.5 Å². The molecule has 0 radical (unpaired) electrons. The minimum Gasteiger partial charge on any atom is -0.358 e. The van der Waals surface area contributed by atoms with E-state index in [0.29, 0.717) is 0 Å². The largest absolute Gasteiger partial charge is 0.358 e. The van der Waals surface area contributed by atoms with Crippen molar-refractivity contribution in [1.82, 2.24) is 24.8 Å². The standard InChI is InChI=1S/C34H34N6/c1-23-31(25-11-3-5-13-27(25)37-23)33(29-15-7-9-17-35-29)39-19-21-40(22-20-39)34(30-16-8-10-18-36-30)32-24(2)38-28-14-6-4-12-26(28)32/h3-18,31,33-34,38H,19-22H2,1-2H3/t31-,33-,34+/m1/s1. The van der Waals surface area contributed by atoms with Crippen molar-refractivity contribution in [2.24, 2.45) is 4.99 Å². The number of aryl methyl sites for hydroxylation is 1. The van der Waals surface area contributed by atoms with Crippen molar-refractivity contribution in [3.8, 4) is 0 Å². The Labute approximate surface area is 235 Å². The summed E-state index contributed by atoms with van der Waals surface area (Å²) in [6.45, 7) is 8.13. The maximum Gasteiger partial charge on any atom is 0.0800 e. The van der Waals surface area contributed by atoms with Crippen LogP contribution in [0, 0.1) is 6.92 Å². The molecule has 0 amide bonds. The lowest BCUT2D eigenvalue weighted by Gasteiger charge is -2.44. The summed E-state index contributed by atoms with van der Waals surface area (Å²) in [5, 5.41) is 1.28. The number of fused-ring (bicyclic) bond motifs is 2. The van der Waals surface area contributed by atoms with Crippen LogP contribution >= 0.6 is 0 Å². The van der Waals surface area contributed by atoms with E-state index in [-0.39, 0.29) is 18.0 Å². The average molecular weight is 527 g/mol. The van der Waals surface area contributed by atoms with Crippen molar-refractivity contribution in [3.05, 3.63) is 126 Å². The average Bonchev–Trinajstić information content (AvgIpc) is 3.51. The van der Waals surface area contributed by atoms with Crippen LogP contribution in [0.1, 0.15) is 53.1 Å². The van der Waals surface area contributed by atoms with Gasteiger partial charge < -0.3 is 4.98 Å². The fourth-order valence-corrected chi connectivity index (χ4v) is 6.83. The predicted molar refractivity (Wildman–Crippen MR) is 161 cm³/mol. The lowest BCUT2D eigenvalue weighted by molar-refractivity contribution is 0.0731. The van der Waals surface area contributed by atoms with Crippen LogP contribution < -0.4 is 0 Å². The number of piperazine rings is 1. The number of hydrogen-bond acceptors (Lipinski definition) is 5. The van der Waals surface area contributed by atoms with Crippen molar-refractivity contribution in [2.45, 2.75) is 31.8 Å². The summed E-state index contributed by atoms with van der Waals surface area (Å²) in [4.78, 5) is 23.6. The Kier molecular flexibility index (Phi) is 6.50. The number of rotatable bonds is 6. The highest BCUT2D eigenvalue weighted by Gasteiger charge is 2.39. The number of nitrogens with zero attached hydrogens (tertiary/aromatic N) is 5. The number of aromatic amines is 1. The van der Waals surface area contributed by atoms with E-state index in [9.17, 15) is 0 Å². The number of aliphatic imine (C=N–C) groups is 1. The smallest absolute Gasteiger partial charge is 0.0800 e. The quantitative estimate of drug-likeness (QED) is 0.271. The maximum absolute atomic E-state index is 4.97. The molecule has 1 N–H and O–H groups in total. The van der Waals surface area contributed by atoms with Gasteiger partial charge in [0.05, 0.1) is 29.2 Å². The van der Waals surface area contributed by atoms with Crippen LogP contribution in [0.25, 0.3) is 10.9 Å². The molecule has 0 spiro atoms. The maximum atomic E-state index is 4.97. The summed E-state index contributed by atoms with van der Waals surface area (Å²) < 4.78 is 0. The van der Waals surface area contributed by atoms with E-state index in [2.05, 4.69) is 101 Å².